The van der Waals surface area contributed by atoms with Crippen molar-refractivity contribution in [1.82, 2.24) is 0 Å². The van der Waals surface area contributed by atoms with Crippen LogP contribution in [-0.2, 0) is 14.3 Å². The van der Waals surface area contributed by atoms with Crippen molar-refractivity contribution >= 4 is 10.1 Å². The lowest BCUT2D eigenvalue weighted by Crippen LogP contribution is -2.21. The van der Waals surface area contributed by atoms with Crippen LogP contribution in [0.5, 0.6) is 0 Å². The topological polar surface area (TPSA) is 43.4 Å². The molecule has 2 rings (SSSR count). The van der Waals surface area contributed by atoms with E-state index in [2.05, 4.69) is 12.2 Å². The standard InChI is InChI=1S/C8H12O3S/c1-12(9,10)11-8-5-6-2-3-7(8)4-6/h2-3,6-8H,4-5H2,1H3. The first-order valence-corrected chi connectivity index (χ1v) is 5.93. The summed E-state index contributed by atoms with van der Waals surface area (Å²) in [7, 11) is -3.26. The fraction of sp³-hybridized carbons (Fsp3) is 0.750. The molecule has 3 unspecified atom stereocenters. The second-order valence-electron chi connectivity index (χ2n) is 3.62. The van der Waals surface area contributed by atoms with E-state index in [1.165, 1.54) is 0 Å². The van der Waals surface area contributed by atoms with Gasteiger partial charge in [-0.2, -0.15) is 8.42 Å². The van der Waals surface area contributed by atoms with Crippen LogP contribution in [0, 0.1) is 11.8 Å². The van der Waals surface area contributed by atoms with Crippen molar-refractivity contribution in [3.8, 4) is 0 Å². The van der Waals surface area contributed by atoms with Gasteiger partial charge < -0.3 is 0 Å². The van der Waals surface area contributed by atoms with Crippen molar-refractivity contribution in [3.05, 3.63) is 12.2 Å². The van der Waals surface area contributed by atoms with Gasteiger partial charge >= 0.3 is 0 Å². The highest BCUT2D eigenvalue weighted by Crippen LogP contribution is 2.41. The molecule has 1 fully saturated rings. The first kappa shape index (κ1) is 8.26. The Morgan fingerprint density at radius 3 is 2.50 bits per heavy atom. The molecule has 0 heterocycles. The van der Waals surface area contributed by atoms with Crippen molar-refractivity contribution < 1.29 is 12.6 Å². The molecule has 0 aliphatic heterocycles. The molecule has 2 aliphatic carbocycles. The average Bonchev–Trinajstić information content (AvgIpc) is 2.42. The third-order valence-electron chi connectivity index (χ3n) is 2.52. The van der Waals surface area contributed by atoms with Gasteiger partial charge in [-0.05, 0) is 18.8 Å². The van der Waals surface area contributed by atoms with Gasteiger partial charge in [-0.15, -0.1) is 0 Å². The van der Waals surface area contributed by atoms with Gasteiger partial charge in [-0.1, -0.05) is 12.2 Å². The molecule has 0 saturated heterocycles. The number of allylic oxidation sites excluding steroid dienone is 1. The van der Waals surface area contributed by atoms with E-state index in [0.717, 1.165) is 19.1 Å². The van der Waals surface area contributed by atoms with Crippen LogP contribution < -0.4 is 0 Å². The van der Waals surface area contributed by atoms with E-state index in [1.54, 1.807) is 0 Å². The van der Waals surface area contributed by atoms with Gasteiger partial charge in [0.05, 0.1) is 12.4 Å². The van der Waals surface area contributed by atoms with Gasteiger partial charge in [0.15, 0.2) is 0 Å². The summed E-state index contributed by atoms with van der Waals surface area (Å²) in [6, 6.07) is 0. The number of hydrogen-bond acceptors (Lipinski definition) is 3. The van der Waals surface area contributed by atoms with Crippen LogP contribution >= 0.6 is 0 Å². The van der Waals surface area contributed by atoms with Crippen LogP contribution in [0.2, 0.25) is 0 Å². The molecule has 0 aromatic heterocycles. The summed E-state index contributed by atoms with van der Waals surface area (Å²) in [5.41, 5.74) is 0. The molecule has 2 bridgehead atoms. The molecule has 1 saturated carbocycles. The van der Waals surface area contributed by atoms with Crippen molar-refractivity contribution in [2.45, 2.75) is 18.9 Å². The Labute approximate surface area is 72.5 Å². The smallest absolute Gasteiger partial charge is 0.264 e. The minimum atomic E-state index is -3.26. The summed E-state index contributed by atoms with van der Waals surface area (Å²) in [5.74, 6) is 0.895. The zero-order valence-electron chi connectivity index (χ0n) is 6.93. The minimum Gasteiger partial charge on any atom is -0.266 e. The minimum absolute atomic E-state index is 0.0880. The molecule has 0 N–H and O–H groups in total. The molecule has 12 heavy (non-hydrogen) atoms. The van der Waals surface area contributed by atoms with Crippen molar-refractivity contribution in [2.75, 3.05) is 6.26 Å². The van der Waals surface area contributed by atoms with Crippen molar-refractivity contribution in [1.29, 1.82) is 0 Å². The molecule has 0 aromatic carbocycles. The van der Waals surface area contributed by atoms with E-state index in [4.69, 9.17) is 4.18 Å². The Bertz CT molecular complexity index is 304. The first-order chi connectivity index (χ1) is 5.54. The second-order valence-corrected chi connectivity index (χ2v) is 5.22. The molecule has 68 valence electrons. The van der Waals surface area contributed by atoms with Crippen LogP contribution in [0.3, 0.4) is 0 Å². The Kier molecular flexibility index (Phi) is 1.77. The van der Waals surface area contributed by atoms with Crippen LogP contribution in [0.15, 0.2) is 12.2 Å². The van der Waals surface area contributed by atoms with Crippen LogP contribution in [0.1, 0.15) is 12.8 Å². The van der Waals surface area contributed by atoms with E-state index >= 15 is 0 Å². The quantitative estimate of drug-likeness (QED) is 0.478. The zero-order valence-corrected chi connectivity index (χ0v) is 7.75. The lowest BCUT2D eigenvalue weighted by molar-refractivity contribution is 0.184. The summed E-state index contributed by atoms with van der Waals surface area (Å²) in [6.45, 7) is 0. The van der Waals surface area contributed by atoms with Crippen LogP contribution in [0.4, 0.5) is 0 Å². The molecule has 3 atom stereocenters. The Hall–Kier alpha value is -0.350. The van der Waals surface area contributed by atoms with Crippen molar-refractivity contribution in [2.24, 2.45) is 11.8 Å². The number of rotatable bonds is 2. The van der Waals surface area contributed by atoms with E-state index < -0.39 is 10.1 Å². The van der Waals surface area contributed by atoms with Gasteiger partial charge in [-0.25, -0.2) is 0 Å². The normalized spacial score (nSPS) is 39.2. The predicted molar refractivity (Wildman–Crippen MR) is 45.1 cm³/mol. The van der Waals surface area contributed by atoms with Gasteiger partial charge in [0.2, 0.25) is 0 Å². The summed E-state index contributed by atoms with van der Waals surface area (Å²) >= 11 is 0. The molecule has 0 radical (unpaired) electrons. The van der Waals surface area contributed by atoms with E-state index in [-0.39, 0.29) is 6.10 Å². The van der Waals surface area contributed by atoms with Crippen LogP contribution in [-0.4, -0.2) is 20.8 Å². The predicted octanol–water partition coefficient (Wildman–Crippen LogP) is 0.927. The van der Waals surface area contributed by atoms with E-state index in [1.807, 2.05) is 0 Å². The Balaban J connectivity index is 2.05. The lowest BCUT2D eigenvalue weighted by atomic mass is 10.1. The van der Waals surface area contributed by atoms with E-state index in [0.29, 0.717) is 11.8 Å². The molecule has 0 amide bonds. The molecular formula is C8H12O3S. The lowest BCUT2D eigenvalue weighted by Gasteiger charge is -2.16. The van der Waals surface area contributed by atoms with Gasteiger partial charge in [-0.3, -0.25) is 4.18 Å². The van der Waals surface area contributed by atoms with Crippen molar-refractivity contribution in [3.63, 3.8) is 0 Å². The summed E-state index contributed by atoms with van der Waals surface area (Å²) in [5, 5.41) is 0. The highest BCUT2D eigenvalue weighted by molar-refractivity contribution is 7.86. The zero-order chi connectivity index (χ0) is 8.77. The van der Waals surface area contributed by atoms with E-state index in [9.17, 15) is 8.42 Å². The Morgan fingerprint density at radius 2 is 2.08 bits per heavy atom. The monoisotopic (exact) mass is 188 g/mol. The molecule has 3 nitrogen and oxygen atoms in total. The number of fused-ring (bicyclic) bond motifs is 2. The highest BCUT2D eigenvalue weighted by Gasteiger charge is 2.38. The third kappa shape index (κ3) is 1.54. The maximum atomic E-state index is 10.8. The third-order valence-corrected chi connectivity index (χ3v) is 3.11. The van der Waals surface area contributed by atoms with Gasteiger partial charge in [0.1, 0.15) is 0 Å². The van der Waals surface area contributed by atoms with Crippen LogP contribution in [0.25, 0.3) is 0 Å². The average molecular weight is 188 g/mol. The molecular weight excluding hydrogens is 176 g/mol. The second kappa shape index (κ2) is 2.57. The largest absolute Gasteiger partial charge is 0.266 e. The molecule has 2 aliphatic rings. The van der Waals surface area contributed by atoms with Gasteiger partial charge in [0.25, 0.3) is 10.1 Å². The number of hydrogen-bond donors (Lipinski definition) is 0. The molecule has 0 aromatic rings. The summed E-state index contributed by atoms with van der Waals surface area (Å²) in [4.78, 5) is 0. The van der Waals surface area contributed by atoms with Gasteiger partial charge in [0, 0.05) is 5.92 Å². The summed E-state index contributed by atoms with van der Waals surface area (Å²) < 4.78 is 26.6. The SMILES string of the molecule is CS(=O)(=O)OC1CC2C=CC1C2. The molecule has 0 spiro atoms. The first-order valence-electron chi connectivity index (χ1n) is 4.11. The molecule has 4 heteroatoms. The fourth-order valence-corrected chi connectivity index (χ4v) is 2.74. The summed E-state index contributed by atoms with van der Waals surface area (Å²) in [6.07, 6.45) is 7.20. The fourth-order valence-electron chi connectivity index (χ4n) is 2.07. The highest BCUT2D eigenvalue weighted by atomic mass is 32.2. The Morgan fingerprint density at radius 1 is 1.33 bits per heavy atom. The maximum absolute atomic E-state index is 10.8. The maximum Gasteiger partial charge on any atom is 0.264 e.